The molecule has 3 rings (SSSR count). The van der Waals surface area contributed by atoms with E-state index in [1.807, 2.05) is 25.1 Å². The first-order valence-corrected chi connectivity index (χ1v) is 6.05. The largest absolute Gasteiger partial charge is 0.349 e. The molecule has 0 unspecified atom stereocenters. The van der Waals surface area contributed by atoms with Gasteiger partial charge < -0.3 is 9.88 Å². The summed E-state index contributed by atoms with van der Waals surface area (Å²) in [6.45, 7) is 4.75. The molecule has 0 saturated heterocycles. The van der Waals surface area contributed by atoms with Gasteiger partial charge in [0.05, 0.1) is 5.52 Å². The Labute approximate surface area is 104 Å². The number of rotatable bonds is 0. The maximum Gasteiger partial charge on any atom is 0.268 e. The second-order valence-corrected chi connectivity index (χ2v) is 5.00. The molecule has 88 valence electrons. The van der Waals surface area contributed by atoms with Gasteiger partial charge in [0.2, 0.25) is 0 Å². The molecule has 1 amide bonds. The van der Waals surface area contributed by atoms with Crippen LogP contribution in [0.5, 0.6) is 0 Å². The van der Waals surface area contributed by atoms with Crippen LogP contribution in [0.25, 0.3) is 10.9 Å². The number of nitrogens with one attached hydrogen (secondary N) is 1. The second-order valence-electron chi connectivity index (χ2n) is 4.56. The van der Waals surface area contributed by atoms with Crippen molar-refractivity contribution in [3.8, 4) is 0 Å². The summed E-state index contributed by atoms with van der Waals surface area (Å²) < 4.78 is 2.09. The molecule has 17 heavy (non-hydrogen) atoms. The summed E-state index contributed by atoms with van der Waals surface area (Å²) in [7, 11) is 0. The molecule has 1 N–H and O–H groups in total. The maximum absolute atomic E-state index is 11.9. The molecular formula is C13H13ClN2O. The topological polar surface area (TPSA) is 34.0 Å². The minimum Gasteiger partial charge on any atom is -0.349 e. The Bertz CT molecular complexity index is 630. The Morgan fingerprint density at radius 1 is 1.47 bits per heavy atom. The van der Waals surface area contributed by atoms with Gasteiger partial charge in [-0.3, -0.25) is 4.79 Å². The number of carbonyl (C=O) groups excluding carboxylic acids is 1. The third kappa shape index (κ3) is 1.39. The monoisotopic (exact) mass is 248 g/mol. The van der Waals surface area contributed by atoms with E-state index in [4.69, 9.17) is 11.6 Å². The standard InChI is InChI=1S/C13H13ClN2O/c1-7-6-15-13(17)12-8(2)10-4-3-9(14)5-11(10)16(7)12/h3-5,7H,6H2,1-2H3,(H,15,17)/t7-/m1/s1. The van der Waals surface area contributed by atoms with Crippen LogP contribution >= 0.6 is 11.6 Å². The van der Waals surface area contributed by atoms with Crippen molar-refractivity contribution in [1.29, 1.82) is 0 Å². The maximum atomic E-state index is 11.9. The molecule has 1 aromatic carbocycles. The van der Waals surface area contributed by atoms with Crippen LogP contribution in [-0.4, -0.2) is 17.0 Å². The van der Waals surface area contributed by atoms with Crippen LogP contribution in [0.2, 0.25) is 5.02 Å². The molecule has 4 heteroatoms. The SMILES string of the molecule is Cc1c2n(c3cc(Cl)ccc13)[C@H](C)CNC2=O. The van der Waals surface area contributed by atoms with Crippen LogP contribution < -0.4 is 5.32 Å². The molecule has 2 aromatic rings. The van der Waals surface area contributed by atoms with E-state index in [0.29, 0.717) is 11.6 Å². The van der Waals surface area contributed by atoms with Gasteiger partial charge in [-0.15, -0.1) is 0 Å². The highest BCUT2D eigenvalue weighted by molar-refractivity contribution is 6.31. The first kappa shape index (κ1) is 10.7. The summed E-state index contributed by atoms with van der Waals surface area (Å²) in [4.78, 5) is 11.9. The van der Waals surface area contributed by atoms with Crippen LogP contribution in [0.1, 0.15) is 29.0 Å². The number of aryl methyl sites for hydroxylation is 1. The summed E-state index contributed by atoms with van der Waals surface area (Å²) in [5.41, 5.74) is 2.84. The van der Waals surface area contributed by atoms with Gasteiger partial charge in [0.1, 0.15) is 5.69 Å². The number of aromatic nitrogens is 1. The van der Waals surface area contributed by atoms with E-state index in [0.717, 1.165) is 22.2 Å². The number of benzene rings is 1. The molecule has 2 heterocycles. The number of hydrogen-bond acceptors (Lipinski definition) is 1. The molecule has 0 aliphatic carbocycles. The molecule has 1 aliphatic rings. The summed E-state index contributed by atoms with van der Waals surface area (Å²) in [6, 6.07) is 6.05. The van der Waals surface area contributed by atoms with Gasteiger partial charge >= 0.3 is 0 Å². The average Bonchev–Trinajstić information content (AvgIpc) is 2.58. The van der Waals surface area contributed by atoms with Crippen molar-refractivity contribution in [2.75, 3.05) is 6.54 Å². The van der Waals surface area contributed by atoms with E-state index in [9.17, 15) is 4.79 Å². The van der Waals surface area contributed by atoms with Crippen LogP contribution in [0.15, 0.2) is 18.2 Å². The predicted molar refractivity (Wildman–Crippen MR) is 68.7 cm³/mol. The molecule has 0 fully saturated rings. The van der Waals surface area contributed by atoms with Crippen molar-refractivity contribution in [2.24, 2.45) is 0 Å². The third-order valence-corrected chi connectivity index (χ3v) is 3.67. The molecule has 0 radical (unpaired) electrons. The minimum absolute atomic E-state index is 0.00734. The second kappa shape index (κ2) is 3.50. The number of amides is 1. The van der Waals surface area contributed by atoms with Gasteiger partial charge in [-0.2, -0.15) is 0 Å². The minimum atomic E-state index is 0.00734. The van der Waals surface area contributed by atoms with Crippen molar-refractivity contribution in [1.82, 2.24) is 9.88 Å². The smallest absolute Gasteiger partial charge is 0.268 e. The van der Waals surface area contributed by atoms with Gasteiger partial charge in [0.25, 0.3) is 5.91 Å². The number of nitrogens with zero attached hydrogens (tertiary/aromatic N) is 1. The molecule has 1 aromatic heterocycles. The summed E-state index contributed by atoms with van der Waals surface area (Å²) in [5.74, 6) is 0.00734. The molecule has 0 bridgehead atoms. The van der Waals surface area contributed by atoms with Gasteiger partial charge in [0, 0.05) is 23.0 Å². The van der Waals surface area contributed by atoms with E-state index < -0.39 is 0 Å². The number of fused-ring (bicyclic) bond motifs is 3. The Morgan fingerprint density at radius 3 is 3.00 bits per heavy atom. The van der Waals surface area contributed by atoms with Crippen molar-refractivity contribution in [3.05, 3.63) is 34.5 Å². The molecule has 3 nitrogen and oxygen atoms in total. The van der Waals surface area contributed by atoms with Crippen LogP contribution in [0.4, 0.5) is 0 Å². The Balaban J connectivity index is 2.45. The number of halogens is 1. The zero-order chi connectivity index (χ0) is 12.2. The lowest BCUT2D eigenvalue weighted by molar-refractivity contribution is 0.0918. The summed E-state index contributed by atoms with van der Waals surface area (Å²) >= 11 is 6.04. The van der Waals surface area contributed by atoms with Gasteiger partial charge in [-0.25, -0.2) is 0 Å². The van der Waals surface area contributed by atoms with Crippen LogP contribution in [0, 0.1) is 6.92 Å². The Hall–Kier alpha value is -1.48. The molecule has 0 spiro atoms. The first-order chi connectivity index (χ1) is 8.09. The van der Waals surface area contributed by atoms with E-state index >= 15 is 0 Å². The number of carbonyl (C=O) groups is 1. The van der Waals surface area contributed by atoms with Crippen molar-refractivity contribution >= 4 is 28.4 Å². The van der Waals surface area contributed by atoms with E-state index in [-0.39, 0.29) is 11.9 Å². The van der Waals surface area contributed by atoms with E-state index in [1.165, 1.54) is 0 Å². The third-order valence-electron chi connectivity index (χ3n) is 3.43. The predicted octanol–water partition coefficient (Wildman–Crippen LogP) is 2.91. The quantitative estimate of drug-likeness (QED) is 0.764. The van der Waals surface area contributed by atoms with E-state index in [1.54, 1.807) is 0 Å². The van der Waals surface area contributed by atoms with Gasteiger partial charge in [-0.1, -0.05) is 17.7 Å². The lowest BCUT2D eigenvalue weighted by Gasteiger charge is -2.24. The fourth-order valence-corrected chi connectivity index (χ4v) is 2.77. The molecule has 1 atom stereocenters. The fourth-order valence-electron chi connectivity index (χ4n) is 2.60. The zero-order valence-electron chi connectivity index (χ0n) is 9.75. The highest BCUT2D eigenvalue weighted by Crippen LogP contribution is 2.32. The lowest BCUT2D eigenvalue weighted by Crippen LogP contribution is -2.37. The summed E-state index contributed by atoms with van der Waals surface area (Å²) in [6.07, 6.45) is 0. The highest BCUT2D eigenvalue weighted by atomic mass is 35.5. The number of hydrogen-bond donors (Lipinski definition) is 1. The average molecular weight is 249 g/mol. The Morgan fingerprint density at radius 2 is 2.24 bits per heavy atom. The van der Waals surface area contributed by atoms with E-state index in [2.05, 4.69) is 16.8 Å². The van der Waals surface area contributed by atoms with Crippen LogP contribution in [0.3, 0.4) is 0 Å². The zero-order valence-corrected chi connectivity index (χ0v) is 10.5. The van der Waals surface area contributed by atoms with Crippen LogP contribution in [-0.2, 0) is 0 Å². The Kier molecular flexibility index (Phi) is 2.20. The lowest BCUT2D eigenvalue weighted by atomic mass is 10.1. The van der Waals surface area contributed by atoms with Crippen molar-refractivity contribution in [2.45, 2.75) is 19.9 Å². The highest BCUT2D eigenvalue weighted by Gasteiger charge is 2.27. The van der Waals surface area contributed by atoms with Crippen molar-refractivity contribution < 1.29 is 4.79 Å². The fraction of sp³-hybridized carbons (Fsp3) is 0.308. The molecule has 1 aliphatic heterocycles. The molecule has 0 saturated carbocycles. The van der Waals surface area contributed by atoms with Crippen molar-refractivity contribution in [3.63, 3.8) is 0 Å². The molecular weight excluding hydrogens is 236 g/mol. The normalized spacial score (nSPS) is 19.2. The van der Waals surface area contributed by atoms with Gasteiger partial charge in [0.15, 0.2) is 0 Å². The summed E-state index contributed by atoms with van der Waals surface area (Å²) in [5, 5.41) is 4.72. The van der Waals surface area contributed by atoms with Gasteiger partial charge in [-0.05, 0) is 31.5 Å². The first-order valence-electron chi connectivity index (χ1n) is 5.68.